The largest absolute Gasteiger partial charge is 0.390 e. The molecule has 0 spiro atoms. The summed E-state index contributed by atoms with van der Waals surface area (Å²) in [6.45, 7) is 1.90. The molecule has 0 saturated heterocycles. The van der Waals surface area contributed by atoms with Crippen LogP contribution in [0.2, 0.25) is 0 Å². The number of benzene rings is 1. The maximum atomic E-state index is 9.37. The fourth-order valence-electron chi connectivity index (χ4n) is 3.70. The van der Waals surface area contributed by atoms with Crippen LogP contribution in [0.25, 0.3) is 28.0 Å². The van der Waals surface area contributed by atoms with Gasteiger partial charge in [0, 0.05) is 17.0 Å². The second-order valence-electron chi connectivity index (χ2n) is 7.62. The first-order chi connectivity index (χ1) is 14.1. The van der Waals surface area contributed by atoms with Crippen LogP contribution in [0.3, 0.4) is 0 Å². The molecule has 0 unspecified atom stereocenters. The molecular formula is C22H22N6O. The van der Waals surface area contributed by atoms with Crippen LogP contribution in [0, 0.1) is 12.8 Å². The fraction of sp³-hybridized carbons (Fsp3) is 0.273. The zero-order chi connectivity index (χ0) is 20.0. The Balaban J connectivity index is 1.62. The quantitative estimate of drug-likeness (QED) is 0.546. The Bertz CT molecular complexity index is 1200. The van der Waals surface area contributed by atoms with Gasteiger partial charge in [0.2, 0.25) is 0 Å². The van der Waals surface area contributed by atoms with Crippen molar-refractivity contribution in [1.82, 2.24) is 24.7 Å². The summed E-state index contributed by atoms with van der Waals surface area (Å²) in [5.74, 6) is 1.13. The minimum absolute atomic E-state index is 0.00167. The standard InChI is InChI=1S/C22H22N6O/c1-13-7-15(18-3-2-4-19(27-18)22(23)14-5-6-14)8-20-17(13)10-25-28(20)21-11-24-9-16(12-29)26-21/h2-4,7-11,14,22,29H,5-6,12,23H2,1H3/t22-/m0/s1. The van der Waals surface area contributed by atoms with Crippen molar-refractivity contribution in [2.45, 2.75) is 32.4 Å². The molecule has 29 heavy (non-hydrogen) atoms. The number of fused-ring (bicyclic) bond motifs is 1. The fourth-order valence-corrected chi connectivity index (χ4v) is 3.70. The summed E-state index contributed by atoms with van der Waals surface area (Å²) in [4.78, 5) is 13.5. The first-order valence-electron chi connectivity index (χ1n) is 9.77. The van der Waals surface area contributed by atoms with Gasteiger partial charge in [-0.25, -0.2) is 9.67 Å². The van der Waals surface area contributed by atoms with Crippen LogP contribution < -0.4 is 5.73 Å². The smallest absolute Gasteiger partial charge is 0.172 e. The van der Waals surface area contributed by atoms with Crippen molar-refractivity contribution in [2.75, 3.05) is 0 Å². The van der Waals surface area contributed by atoms with Crippen molar-refractivity contribution >= 4 is 10.9 Å². The zero-order valence-corrected chi connectivity index (χ0v) is 16.2. The molecule has 1 aromatic carbocycles. The van der Waals surface area contributed by atoms with E-state index in [0.717, 1.165) is 33.4 Å². The van der Waals surface area contributed by atoms with Crippen LogP contribution in [0.1, 0.15) is 35.8 Å². The highest BCUT2D eigenvalue weighted by Crippen LogP contribution is 2.39. The molecule has 5 rings (SSSR count). The van der Waals surface area contributed by atoms with E-state index < -0.39 is 0 Å². The molecule has 1 atom stereocenters. The molecule has 1 aliphatic carbocycles. The Morgan fingerprint density at radius 3 is 2.83 bits per heavy atom. The Kier molecular flexibility index (Phi) is 4.34. The molecule has 0 amide bonds. The average molecular weight is 386 g/mol. The highest BCUT2D eigenvalue weighted by atomic mass is 16.3. The number of hydrogen-bond acceptors (Lipinski definition) is 6. The predicted octanol–water partition coefficient (Wildman–Crippen LogP) is 3.09. The molecule has 146 valence electrons. The third-order valence-electron chi connectivity index (χ3n) is 5.48. The number of hydrogen-bond donors (Lipinski definition) is 2. The van der Waals surface area contributed by atoms with Gasteiger partial charge >= 0.3 is 0 Å². The second-order valence-corrected chi connectivity index (χ2v) is 7.62. The molecule has 1 aliphatic rings. The van der Waals surface area contributed by atoms with E-state index in [-0.39, 0.29) is 12.6 Å². The van der Waals surface area contributed by atoms with Gasteiger partial charge in [0.1, 0.15) is 0 Å². The molecule has 1 saturated carbocycles. The van der Waals surface area contributed by atoms with Gasteiger partial charge in [-0.2, -0.15) is 5.10 Å². The number of aliphatic hydroxyl groups excluding tert-OH is 1. The first kappa shape index (κ1) is 17.9. The number of aromatic nitrogens is 5. The number of aliphatic hydroxyl groups is 1. The summed E-state index contributed by atoms with van der Waals surface area (Å²) in [5, 5.41) is 14.9. The van der Waals surface area contributed by atoms with Crippen molar-refractivity contribution in [3.63, 3.8) is 0 Å². The summed E-state index contributed by atoms with van der Waals surface area (Å²) < 4.78 is 1.75. The number of aryl methyl sites for hydroxylation is 1. The third-order valence-corrected chi connectivity index (χ3v) is 5.48. The SMILES string of the molecule is Cc1cc(-c2cccc([C@@H](N)C3CC3)n2)cc2c1cnn2-c1cncc(CO)n1. The molecule has 3 aromatic heterocycles. The highest BCUT2D eigenvalue weighted by molar-refractivity contribution is 5.88. The second kappa shape index (κ2) is 7.02. The van der Waals surface area contributed by atoms with Crippen LogP contribution >= 0.6 is 0 Å². The first-order valence-corrected chi connectivity index (χ1v) is 9.77. The lowest BCUT2D eigenvalue weighted by atomic mass is 10.0. The Labute approximate surface area is 168 Å². The van der Waals surface area contributed by atoms with E-state index in [9.17, 15) is 5.11 Å². The van der Waals surface area contributed by atoms with E-state index in [0.29, 0.717) is 17.4 Å². The lowest BCUT2D eigenvalue weighted by molar-refractivity contribution is 0.276. The molecule has 7 nitrogen and oxygen atoms in total. The van der Waals surface area contributed by atoms with Gasteiger partial charge in [-0.1, -0.05) is 6.07 Å². The minimum atomic E-state index is -0.164. The molecule has 0 aliphatic heterocycles. The van der Waals surface area contributed by atoms with Gasteiger partial charge in [0.25, 0.3) is 0 Å². The van der Waals surface area contributed by atoms with Crippen LogP contribution in [0.15, 0.2) is 48.9 Å². The molecular weight excluding hydrogens is 364 g/mol. The summed E-state index contributed by atoms with van der Waals surface area (Å²) in [5.41, 5.74) is 11.7. The Morgan fingerprint density at radius 1 is 1.17 bits per heavy atom. The minimum Gasteiger partial charge on any atom is -0.390 e. The molecule has 3 heterocycles. The van der Waals surface area contributed by atoms with E-state index >= 15 is 0 Å². The number of rotatable bonds is 5. The number of nitrogens with two attached hydrogens (primary N) is 1. The van der Waals surface area contributed by atoms with Gasteiger partial charge in [0.15, 0.2) is 5.82 Å². The molecule has 0 bridgehead atoms. The normalized spacial score (nSPS) is 15.0. The molecule has 1 fully saturated rings. The molecule has 3 N–H and O–H groups in total. The topological polar surface area (TPSA) is 103 Å². The van der Waals surface area contributed by atoms with Gasteiger partial charge in [-0.05, 0) is 55.5 Å². The number of pyridine rings is 1. The summed E-state index contributed by atoms with van der Waals surface area (Å²) >= 11 is 0. The number of nitrogens with zero attached hydrogens (tertiary/aromatic N) is 5. The lowest BCUT2D eigenvalue weighted by Gasteiger charge is -2.12. The van der Waals surface area contributed by atoms with Crippen molar-refractivity contribution in [2.24, 2.45) is 11.7 Å². The summed E-state index contributed by atoms with van der Waals surface area (Å²) in [6.07, 6.45) is 7.39. The van der Waals surface area contributed by atoms with Gasteiger partial charge in [-0.15, -0.1) is 0 Å². The van der Waals surface area contributed by atoms with Crippen LogP contribution in [-0.4, -0.2) is 29.8 Å². The van der Waals surface area contributed by atoms with Crippen molar-refractivity contribution in [3.05, 3.63) is 65.9 Å². The van der Waals surface area contributed by atoms with Crippen molar-refractivity contribution in [1.29, 1.82) is 0 Å². The van der Waals surface area contributed by atoms with Gasteiger partial charge in [0.05, 0.1) is 47.8 Å². The van der Waals surface area contributed by atoms with Crippen LogP contribution in [0.4, 0.5) is 0 Å². The molecule has 7 heteroatoms. The zero-order valence-electron chi connectivity index (χ0n) is 16.2. The van der Waals surface area contributed by atoms with E-state index in [4.69, 9.17) is 10.7 Å². The monoisotopic (exact) mass is 386 g/mol. The van der Waals surface area contributed by atoms with Crippen molar-refractivity contribution < 1.29 is 5.11 Å². The highest BCUT2D eigenvalue weighted by Gasteiger charge is 2.30. The summed E-state index contributed by atoms with van der Waals surface area (Å²) in [6, 6.07) is 10.2. The lowest BCUT2D eigenvalue weighted by Crippen LogP contribution is -2.14. The molecule has 4 aromatic rings. The van der Waals surface area contributed by atoms with Gasteiger partial charge in [-0.3, -0.25) is 9.97 Å². The van der Waals surface area contributed by atoms with Crippen LogP contribution in [-0.2, 0) is 6.61 Å². The third kappa shape index (κ3) is 3.28. The van der Waals surface area contributed by atoms with E-state index in [1.165, 1.54) is 12.8 Å². The van der Waals surface area contributed by atoms with Gasteiger partial charge < -0.3 is 10.8 Å². The van der Waals surface area contributed by atoms with E-state index in [1.54, 1.807) is 17.1 Å². The van der Waals surface area contributed by atoms with E-state index in [2.05, 4.69) is 34.1 Å². The molecule has 0 radical (unpaired) electrons. The average Bonchev–Trinajstić information content (AvgIpc) is 3.52. The van der Waals surface area contributed by atoms with Crippen LogP contribution in [0.5, 0.6) is 0 Å². The maximum absolute atomic E-state index is 9.37. The van der Waals surface area contributed by atoms with E-state index in [1.807, 2.05) is 24.4 Å². The summed E-state index contributed by atoms with van der Waals surface area (Å²) in [7, 11) is 0. The Morgan fingerprint density at radius 2 is 2.03 bits per heavy atom. The maximum Gasteiger partial charge on any atom is 0.172 e. The van der Waals surface area contributed by atoms with Crippen molar-refractivity contribution in [3.8, 4) is 17.1 Å². The Hall–Kier alpha value is -3.16. The predicted molar refractivity (Wildman–Crippen MR) is 110 cm³/mol.